The summed E-state index contributed by atoms with van der Waals surface area (Å²) in [6.45, 7) is 2.77. The number of anilines is 2. The molecule has 35 heavy (non-hydrogen) atoms. The van der Waals surface area contributed by atoms with E-state index in [-0.39, 0.29) is 11.8 Å². The maximum atomic E-state index is 13.5. The molecule has 1 aromatic heterocycles. The Bertz CT molecular complexity index is 1230. The second kappa shape index (κ2) is 9.21. The first-order chi connectivity index (χ1) is 17.1. The van der Waals surface area contributed by atoms with Crippen molar-refractivity contribution in [2.24, 2.45) is 0 Å². The van der Waals surface area contributed by atoms with Crippen LogP contribution in [0.3, 0.4) is 0 Å². The van der Waals surface area contributed by atoms with E-state index >= 15 is 0 Å². The topological polar surface area (TPSA) is 65.5 Å². The minimum atomic E-state index is -0.539. The lowest BCUT2D eigenvalue weighted by atomic mass is 9.74. The highest BCUT2D eigenvalue weighted by Crippen LogP contribution is 2.46. The van der Waals surface area contributed by atoms with Crippen molar-refractivity contribution < 1.29 is 9.59 Å². The van der Waals surface area contributed by atoms with Crippen LogP contribution in [0.4, 0.5) is 10.8 Å². The van der Waals surface area contributed by atoms with Crippen molar-refractivity contribution in [3.05, 3.63) is 76.8 Å². The lowest BCUT2D eigenvalue weighted by Gasteiger charge is -2.40. The predicted molar refractivity (Wildman–Crippen MR) is 139 cm³/mol. The van der Waals surface area contributed by atoms with E-state index in [0.717, 1.165) is 43.7 Å². The van der Waals surface area contributed by atoms with Crippen LogP contribution in [0.25, 0.3) is 0 Å². The normalized spacial score (nSPS) is 20.6. The van der Waals surface area contributed by atoms with Gasteiger partial charge in [-0.05, 0) is 66.9 Å². The molecule has 0 saturated carbocycles. The van der Waals surface area contributed by atoms with Crippen LogP contribution < -0.4 is 10.2 Å². The number of thiazole rings is 1. The monoisotopic (exact) mass is 486 g/mol. The fourth-order valence-electron chi connectivity index (χ4n) is 6.24. The van der Waals surface area contributed by atoms with Gasteiger partial charge in [0.1, 0.15) is 6.04 Å². The number of amides is 2. The van der Waals surface area contributed by atoms with E-state index in [1.807, 2.05) is 29.6 Å². The van der Waals surface area contributed by atoms with E-state index in [0.29, 0.717) is 23.4 Å². The number of aryl methyl sites for hydroxylation is 1. The van der Waals surface area contributed by atoms with Crippen LogP contribution in [0.2, 0.25) is 0 Å². The van der Waals surface area contributed by atoms with Crippen LogP contribution in [-0.2, 0) is 27.8 Å². The molecule has 7 heteroatoms. The van der Waals surface area contributed by atoms with E-state index < -0.39 is 6.04 Å². The Balaban J connectivity index is 1.11. The van der Waals surface area contributed by atoms with Gasteiger partial charge in [-0.2, -0.15) is 0 Å². The van der Waals surface area contributed by atoms with Gasteiger partial charge in [0, 0.05) is 36.7 Å². The zero-order chi connectivity index (χ0) is 23.8. The number of nitrogens with zero attached hydrogens (tertiary/aromatic N) is 3. The summed E-state index contributed by atoms with van der Waals surface area (Å²) < 4.78 is 0. The zero-order valence-electron chi connectivity index (χ0n) is 19.8. The van der Waals surface area contributed by atoms with Gasteiger partial charge in [-0.3, -0.25) is 14.5 Å². The number of nitrogens with one attached hydrogen (secondary N) is 1. The first-order valence-corrected chi connectivity index (χ1v) is 13.4. The molecule has 180 valence electrons. The highest BCUT2D eigenvalue weighted by molar-refractivity contribution is 7.13. The molecule has 3 aromatic rings. The second-order valence-corrected chi connectivity index (χ2v) is 10.9. The van der Waals surface area contributed by atoms with Crippen molar-refractivity contribution in [3.63, 3.8) is 0 Å². The first-order valence-electron chi connectivity index (χ1n) is 12.5. The van der Waals surface area contributed by atoms with Crippen molar-refractivity contribution >= 4 is 34.0 Å². The SMILES string of the molecule is O=C(Nc1nccs1)[C@@H]1Cc2ccccc2N1C(=O)CCN1CCC2(CCc3ccccc32)CC1. The molecule has 1 fully saturated rings. The molecule has 3 heterocycles. The number of carbonyl (C=O) groups excluding carboxylic acids is 2. The third-order valence-electron chi connectivity index (χ3n) is 8.13. The third-order valence-corrected chi connectivity index (χ3v) is 8.82. The van der Waals surface area contributed by atoms with Crippen LogP contribution in [-0.4, -0.2) is 47.4 Å². The Hall–Kier alpha value is -3.03. The molecule has 1 spiro atoms. The van der Waals surface area contributed by atoms with Gasteiger partial charge < -0.3 is 10.2 Å². The van der Waals surface area contributed by atoms with Crippen molar-refractivity contribution in [2.45, 2.75) is 50.0 Å². The summed E-state index contributed by atoms with van der Waals surface area (Å²) in [5.41, 5.74) is 5.30. The number of likely N-dealkylation sites (tertiary alicyclic amines) is 1. The van der Waals surface area contributed by atoms with E-state index in [4.69, 9.17) is 0 Å². The Morgan fingerprint density at radius 1 is 1.03 bits per heavy atom. The summed E-state index contributed by atoms with van der Waals surface area (Å²) >= 11 is 1.38. The summed E-state index contributed by atoms with van der Waals surface area (Å²) in [5, 5.41) is 5.28. The van der Waals surface area contributed by atoms with Gasteiger partial charge in [0.2, 0.25) is 11.8 Å². The number of hydrogen-bond acceptors (Lipinski definition) is 5. The predicted octanol–water partition coefficient (Wildman–Crippen LogP) is 4.41. The van der Waals surface area contributed by atoms with Gasteiger partial charge in [-0.15, -0.1) is 11.3 Å². The number of rotatable bonds is 5. The van der Waals surface area contributed by atoms with Crippen LogP contribution in [0.5, 0.6) is 0 Å². The van der Waals surface area contributed by atoms with Crippen molar-refractivity contribution in [3.8, 4) is 0 Å². The number of piperidine rings is 1. The standard InChI is InChI=1S/C28H30N4O2S/c33-25(10-15-31-16-12-28(13-17-31)11-9-20-5-1-3-7-22(20)28)32-23-8-4-2-6-21(23)19-24(32)26(34)30-27-29-14-18-35-27/h1-8,14,18,24H,9-13,15-17,19H2,(H,29,30,34)/t24-/m0/s1. The molecule has 0 bridgehead atoms. The van der Waals surface area contributed by atoms with Crippen molar-refractivity contribution in [2.75, 3.05) is 29.9 Å². The summed E-state index contributed by atoms with van der Waals surface area (Å²) in [5.74, 6) is -0.162. The molecule has 6 rings (SSSR count). The molecule has 3 aliphatic rings. The van der Waals surface area contributed by atoms with Gasteiger partial charge in [0.05, 0.1) is 0 Å². The highest BCUT2D eigenvalue weighted by Gasteiger charge is 2.41. The largest absolute Gasteiger partial charge is 0.303 e. The molecule has 2 aromatic carbocycles. The van der Waals surface area contributed by atoms with Crippen LogP contribution >= 0.6 is 11.3 Å². The molecular formula is C28H30N4O2S. The summed E-state index contributed by atoms with van der Waals surface area (Å²) in [4.78, 5) is 34.9. The average Bonchev–Trinajstić information content (AvgIpc) is 3.62. The number of para-hydroxylation sites is 1. The number of hydrogen-bond donors (Lipinski definition) is 1. The van der Waals surface area contributed by atoms with Gasteiger partial charge in [-0.25, -0.2) is 4.98 Å². The lowest BCUT2D eigenvalue weighted by Crippen LogP contribution is -2.47. The Morgan fingerprint density at radius 2 is 1.80 bits per heavy atom. The fourth-order valence-corrected chi connectivity index (χ4v) is 6.77. The number of benzene rings is 2. The van der Waals surface area contributed by atoms with Gasteiger partial charge >= 0.3 is 0 Å². The minimum Gasteiger partial charge on any atom is -0.303 e. The summed E-state index contributed by atoms with van der Waals surface area (Å²) in [6.07, 6.45) is 7.36. The molecule has 0 radical (unpaired) electrons. The maximum Gasteiger partial charge on any atom is 0.249 e. The lowest BCUT2D eigenvalue weighted by molar-refractivity contribution is -0.123. The molecule has 0 unspecified atom stereocenters. The quantitative estimate of drug-likeness (QED) is 0.580. The Labute approximate surface area is 210 Å². The zero-order valence-corrected chi connectivity index (χ0v) is 20.6. The second-order valence-electron chi connectivity index (χ2n) is 9.97. The van der Waals surface area contributed by atoms with Gasteiger partial charge in [0.15, 0.2) is 5.13 Å². The molecule has 1 aliphatic carbocycles. The maximum absolute atomic E-state index is 13.5. The van der Waals surface area contributed by atoms with E-state index in [2.05, 4.69) is 39.5 Å². The molecule has 2 aliphatic heterocycles. The number of fused-ring (bicyclic) bond motifs is 3. The van der Waals surface area contributed by atoms with E-state index in [1.165, 1.54) is 29.7 Å². The van der Waals surface area contributed by atoms with Crippen LogP contribution in [0.1, 0.15) is 42.4 Å². The molecule has 1 atom stereocenters. The smallest absolute Gasteiger partial charge is 0.249 e. The van der Waals surface area contributed by atoms with Crippen LogP contribution in [0.15, 0.2) is 60.1 Å². The minimum absolute atomic E-state index is 0.0146. The van der Waals surface area contributed by atoms with Gasteiger partial charge in [-0.1, -0.05) is 42.5 Å². The van der Waals surface area contributed by atoms with Crippen molar-refractivity contribution in [1.29, 1.82) is 0 Å². The molecule has 1 N–H and O–H groups in total. The van der Waals surface area contributed by atoms with Crippen LogP contribution in [0, 0.1) is 0 Å². The molecule has 2 amide bonds. The number of carbonyl (C=O) groups is 2. The van der Waals surface area contributed by atoms with E-state index in [9.17, 15) is 9.59 Å². The first kappa shape index (κ1) is 22.4. The summed E-state index contributed by atoms with van der Waals surface area (Å²) in [7, 11) is 0. The molecule has 6 nitrogen and oxygen atoms in total. The summed E-state index contributed by atoms with van der Waals surface area (Å²) in [6, 6.07) is 16.3. The fraction of sp³-hybridized carbons (Fsp3) is 0.393. The third kappa shape index (κ3) is 4.17. The van der Waals surface area contributed by atoms with Crippen molar-refractivity contribution in [1.82, 2.24) is 9.88 Å². The highest BCUT2D eigenvalue weighted by atomic mass is 32.1. The molecule has 1 saturated heterocycles. The Morgan fingerprint density at radius 3 is 2.60 bits per heavy atom. The average molecular weight is 487 g/mol. The van der Waals surface area contributed by atoms with Gasteiger partial charge in [0.25, 0.3) is 0 Å². The Kier molecular flexibility index (Phi) is 5.90. The molecular weight excluding hydrogens is 456 g/mol. The van der Waals surface area contributed by atoms with E-state index in [1.54, 1.807) is 16.7 Å². The number of aromatic nitrogens is 1.